The SMILES string of the molecule is CC(C)(C(=O)OCc1cccc(C(F)(F)F)c1)C(O)c1cccnc1. The fourth-order valence-corrected chi connectivity index (χ4v) is 2.24. The van der Waals surface area contributed by atoms with Crippen molar-refractivity contribution in [2.75, 3.05) is 0 Å². The molecular formula is C18H18F3NO3. The summed E-state index contributed by atoms with van der Waals surface area (Å²) in [6.45, 7) is 2.68. The van der Waals surface area contributed by atoms with Gasteiger partial charge in [0.2, 0.25) is 0 Å². The van der Waals surface area contributed by atoms with Crippen LogP contribution in [0.1, 0.15) is 36.6 Å². The molecule has 0 spiro atoms. The van der Waals surface area contributed by atoms with Crippen LogP contribution in [0.25, 0.3) is 0 Å². The van der Waals surface area contributed by atoms with Crippen LogP contribution >= 0.6 is 0 Å². The largest absolute Gasteiger partial charge is 0.460 e. The number of benzene rings is 1. The van der Waals surface area contributed by atoms with Gasteiger partial charge in [0.1, 0.15) is 6.61 Å². The van der Waals surface area contributed by atoms with E-state index in [1.807, 2.05) is 0 Å². The van der Waals surface area contributed by atoms with Crippen LogP contribution in [-0.4, -0.2) is 16.1 Å². The second-order valence-electron chi connectivity index (χ2n) is 6.18. The summed E-state index contributed by atoms with van der Waals surface area (Å²) in [4.78, 5) is 16.2. The topological polar surface area (TPSA) is 59.4 Å². The van der Waals surface area contributed by atoms with E-state index in [0.29, 0.717) is 5.56 Å². The van der Waals surface area contributed by atoms with Crippen LogP contribution in [-0.2, 0) is 22.3 Å². The Morgan fingerprint density at radius 2 is 1.96 bits per heavy atom. The molecule has 25 heavy (non-hydrogen) atoms. The van der Waals surface area contributed by atoms with Crippen LogP contribution < -0.4 is 0 Å². The van der Waals surface area contributed by atoms with E-state index in [-0.39, 0.29) is 12.2 Å². The minimum absolute atomic E-state index is 0.217. The number of nitrogens with zero attached hydrogens (tertiary/aromatic N) is 1. The summed E-state index contributed by atoms with van der Waals surface area (Å²) in [7, 11) is 0. The van der Waals surface area contributed by atoms with Crippen molar-refractivity contribution in [2.45, 2.75) is 32.7 Å². The normalized spacial score (nSPS) is 13.4. The summed E-state index contributed by atoms with van der Waals surface area (Å²) in [6, 6.07) is 7.82. The molecule has 2 aromatic rings. The highest BCUT2D eigenvalue weighted by molar-refractivity contribution is 5.77. The van der Waals surface area contributed by atoms with Gasteiger partial charge in [-0.2, -0.15) is 13.2 Å². The molecule has 134 valence electrons. The Hall–Kier alpha value is -2.41. The molecule has 1 aromatic heterocycles. The zero-order valence-electron chi connectivity index (χ0n) is 13.7. The predicted octanol–water partition coefficient (Wildman–Crippen LogP) is 3.90. The van der Waals surface area contributed by atoms with Gasteiger partial charge < -0.3 is 9.84 Å². The van der Waals surface area contributed by atoms with Crippen LogP contribution in [0.5, 0.6) is 0 Å². The number of ether oxygens (including phenoxy) is 1. The molecule has 1 heterocycles. The fourth-order valence-electron chi connectivity index (χ4n) is 2.24. The van der Waals surface area contributed by atoms with Crippen molar-refractivity contribution in [1.82, 2.24) is 4.98 Å². The number of esters is 1. The maximum absolute atomic E-state index is 12.7. The standard InChI is InChI=1S/C18H18F3NO3/c1-17(2,15(23)13-6-4-8-22-10-13)16(24)25-11-12-5-3-7-14(9-12)18(19,20)21/h3-10,15,23H,11H2,1-2H3. The lowest BCUT2D eigenvalue weighted by molar-refractivity contribution is -0.162. The van der Waals surface area contributed by atoms with Crippen LogP contribution in [0, 0.1) is 5.41 Å². The smallest absolute Gasteiger partial charge is 0.416 e. The molecule has 0 bridgehead atoms. The molecule has 1 unspecified atom stereocenters. The van der Waals surface area contributed by atoms with E-state index in [4.69, 9.17) is 4.74 Å². The first-order valence-electron chi connectivity index (χ1n) is 7.53. The number of halogens is 3. The molecule has 0 radical (unpaired) electrons. The lowest BCUT2D eigenvalue weighted by atomic mass is 9.83. The van der Waals surface area contributed by atoms with Gasteiger partial charge in [-0.1, -0.05) is 18.2 Å². The number of aliphatic hydroxyl groups is 1. The van der Waals surface area contributed by atoms with E-state index < -0.39 is 29.2 Å². The first kappa shape index (κ1) is 18.9. The second-order valence-corrected chi connectivity index (χ2v) is 6.18. The predicted molar refractivity (Wildman–Crippen MR) is 84.2 cm³/mol. The van der Waals surface area contributed by atoms with Crippen molar-refractivity contribution in [1.29, 1.82) is 0 Å². The Kier molecular flexibility index (Phi) is 5.47. The highest BCUT2D eigenvalue weighted by atomic mass is 19.4. The van der Waals surface area contributed by atoms with E-state index in [1.54, 1.807) is 12.1 Å². The number of hydrogen-bond acceptors (Lipinski definition) is 4. The molecule has 0 saturated heterocycles. The number of carbonyl (C=O) groups excluding carboxylic acids is 1. The molecule has 0 saturated carbocycles. The molecular weight excluding hydrogens is 335 g/mol. The van der Waals surface area contributed by atoms with Gasteiger partial charge in [-0.05, 0) is 43.2 Å². The third kappa shape index (κ3) is 4.57. The van der Waals surface area contributed by atoms with Crippen molar-refractivity contribution in [3.05, 3.63) is 65.5 Å². The number of rotatable bonds is 5. The molecule has 7 heteroatoms. The average Bonchev–Trinajstić information content (AvgIpc) is 2.59. The number of aliphatic hydroxyl groups excluding tert-OH is 1. The monoisotopic (exact) mass is 353 g/mol. The van der Waals surface area contributed by atoms with Crippen molar-refractivity contribution >= 4 is 5.97 Å². The van der Waals surface area contributed by atoms with E-state index in [1.165, 1.54) is 38.4 Å². The summed E-state index contributed by atoms with van der Waals surface area (Å²) < 4.78 is 43.2. The Bertz CT molecular complexity index is 730. The van der Waals surface area contributed by atoms with Crippen molar-refractivity contribution in [3.8, 4) is 0 Å². The Labute approximate surface area is 143 Å². The summed E-state index contributed by atoms with van der Waals surface area (Å²) in [6.07, 6.45) is -2.65. The van der Waals surface area contributed by atoms with Gasteiger partial charge in [-0.15, -0.1) is 0 Å². The molecule has 0 amide bonds. The number of carbonyl (C=O) groups is 1. The van der Waals surface area contributed by atoms with Crippen molar-refractivity contribution in [3.63, 3.8) is 0 Å². The Balaban J connectivity index is 2.06. The molecule has 0 aliphatic rings. The minimum atomic E-state index is -4.46. The van der Waals surface area contributed by atoms with Gasteiger partial charge in [-0.25, -0.2) is 0 Å². The molecule has 1 aromatic carbocycles. The van der Waals surface area contributed by atoms with Gasteiger partial charge in [0, 0.05) is 12.4 Å². The number of aromatic nitrogens is 1. The van der Waals surface area contributed by atoms with Crippen LogP contribution in [0.4, 0.5) is 13.2 Å². The lowest BCUT2D eigenvalue weighted by Gasteiger charge is -2.28. The highest BCUT2D eigenvalue weighted by Crippen LogP contribution is 2.34. The van der Waals surface area contributed by atoms with Gasteiger partial charge in [0.05, 0.1) is 17.1 Å². The van der Waals surface area contributed by atoms with Gasteiger partial charge in [-0.3, -0.25) is 9.78 Å². The van der Waals surface area contributed by atoms with Gasteiger partial charge >= 0.3 is 12.1 Å². The third-order valence-corrected chi connectivity index (χ3v) is 3.83. The fraction of sp³-hybridized carbons (Fsp3) is 0.333. The quantitative estimate of drug-likeness (QED) is 0.828. The molecule has 2 rings (SSSR count). The number of hydrogen-bond donors (Lipinski definition) is 1. The third-order valence-electron chi connectivity index (χ3n) is 3.83. The minimum Gasteiger partial charge on any atom is -0.460 e. The molecule has 4 nitrogen and oxygen atoms in total. The molecule has 1 atom stereocenters. The Morgan fingerprint density at radius 3 is 2.56 bits per heavy atom. The van der Waals surface area contributed by atoms with Crippen LogP contribution in [0.15, 0.2) is 48.8 Å². The zero-order chi connectivity index (χ0) is 18.7. The molecule has 0 fully saturated rings. The summed E-state index contributed by atoms with van der Waals surface area (Å²) in [5.74, 6) is -0.721. The summed E-state index contributed by atoms with van der Waals surface area (Å²) >= 11 is 0. The van der Waals surface area contributed by atoms with E-state index >= 15 is 0 Å². The Morgan fingerprint density at radius 1 is 1.24 bits per heavy atom. The average molecular weight is 353 g/mol. The molecule has 0 aliphatic heterocycles. The van der Waals surface area contributed by atoms with Crippen LogP contribution in [0.3, 0.4) is 0 Å². The first-order chi connectivity index (χ1) is 11.6. The highest BCUT2D eigenvalue weighted by Gasteiger charge is 2.38. The van der Waals surface area contributed by atoms with E-state index in [2.05, 4.69) is 4.98 Å². The van der Waals surface area contributed by atoms with Crippen molar-refractivity contribution in [2.24, 2.45) is 5.41 Å². The van der Waals surface area contributed by atoms with Gasteiger partial charge in [0.25, 0.3) is 0 Å². The number of alkyl halides is 3. The maximum atomic E-state index is 12.7. The van der Waals surface area contributed by atoms with E-state index in [9.17, 15) is 23.1 Å². The summed E-state index contributed by atoms with van der Waals surface area (Å²) in [5, 5.41) is 10.4. The van der Waals surface area contributed by atoms with Crippen LogP contribution in [0.2, 0.25) is 0 Å². The van der Waals surface area contributed by atoms with Gasteiger partial charge in [0.15, 0.2) is 0 Å². The lowest BCUT2D eigenvalue weighted by Crippen LogP contribution is -2.33. The molecule has 0 aliphatic carbocycles. The molecule has 1 N–H and O–H groups in total. The second kappa shape index (κ2) is 7.23. The van der Waals surface area contributed by atoms with E-state index in [0.717, 1.165) is 12.1 Å². The summed E-state index contributed by atoms with van der Waals surface area (Å²) in [5.41, 5.74) is -1.43. The first-order valence-corrected chi connectivity index (χ1v) is 7.53. The van der Waals surface area contributed by atoms with Crippen molar-refractivity contribution < 1.29 is 27.8 Å². The zero-order valence-corrected chi connectivity index (χ0v) is 13.7. The maximum Gasteiger partial charge on any atom is 0.416 e. The number of pyridine rings is 1.